The van der Waals surface area contributed by atoms with E-state index in [2.05, 4.69) is 34.1 Å². The van der Waals surface area contributed by atoms with E-state index in [0.29, 0.717) is 5.92 Å². The molecule has 0 amide bonds. The van der Waals surface area contributed by atoms with Gasteiger partial charge in [0.1, 0.15) is 6.04 Å². The lowest BCUT2D eigenvalue weighted by molar-refractivity contribution is -0.144. The number of aryl methyl sites for hydroxylation is 1. The molecular formula is C23H26N2O2. The summed E-state index contributed by atoms with van der Waals surface area (Å²) >= 11 is 0. The van der Waals surface area contributed by atoms with Crippen LogP contribution in [0.2, 0.25) is 0 Å². The van der Waals surface area contributed by atoms with Crippen LogP contribution in [0.25, 0.3) is 10.9 Å². The standard InChI is InChI=1S/C23H26N2O2/c1-16-21(19-9-5-6-10-20(19)24-16)22(23(26)27)25-13-11-18(12-14-25)15-17-7-3-2-4-8-17/h2-10,18,22,24H,11-15H2,1H3,(H,26,27)/t22-/m0/s1. The van der Waals surface area contributed by atoms with Crippen molar-refractivity contribution in [2.24, 2.45) is 5.92 Å². The van der Waals surface area contributed by atoms with Crippen LogP contribution >= 0.6 is 0 Å². The first kappa shape index (κ1) is 17.8. The number of H-pyrrole nitrogens is 1. The monoisotopic (exact) mass is 362 g/mol. The molecule has 1 aliphatic heterocycles. The zero-order valence-electron chi connectivity index (χ0n) is 15.7. The normalized spacial score (nSPS) is 17.2. The number of aromatic nitrogens is 1. The highest BCUT2D eigenvalue weighted by molar-refractivity contribution is 5.90. The molecule has 0 spiro atoms. The minimum atomic E-state index is -0.760. The number of hydrogen-bond donors (Lipinski definition) is 2. The van der Waals surface area contributed by atoms with Crippen LogP contribution in [0.1, 0.15) is 35.7 Å². The lowest BCUT2D eigenvalue weighted by atomic mass is 9.88. The van der Waals surface area contributed by atoms with Crippen molar-refractivity contribution >= 4 is 16.9 Å². The molecule has 0 saturated carbocycles. The van der Waals surface area contributed by atoms with Crippen LogP contribution in [-0.4, -0.2) is 34.0 Å². The van der Waals surface area contributed by atoms with E-state index in [0.717, 1.165) is 54.5 Å². The van der Waals surface area contributed by atoms with Gasteiger partial charge in [-0.15, -0.1) is 0 Å². The van der Waals surface area contributed by atoms with E-state index < -0.39 is 12.0 Å². The zero-order valence-corrected chi connectivity index (χ0v) is 15.7. The smallest absolute Gasteiger partial charge is 0.325 e. The van der Waals surface area contributed by atoms with Gasteiger partial charge in [0.05, 0.1) is 0 Å². The highest BCUT2D eigenvalue weighted by atomic mass is 16.4. The Hall–Kier alpha value is -2.59. The molecule has 27 heavy (non-hydrogen) atoms. The van der Waals surface area contributed by atoms with Gasteiger partial charge in [-0.2, -0.15) is 0 Å². The van der Waals surface area contributed by atoms with Gasteiger partial charge in [-0.1, -0.05) is 48.5 Å². The van der Waals surface area contributed by atoms with E-state index >= 15 is 0 Å². The van der Waals surface area contributed by atoms with E-state index in [1.807, 2.05) is 37.3 Å². The molecule has 1 fully saturated rings. The number of carboxylic acids is 1. The summed E-state index contributed by atoms with van der Waals surface area (Å²) in [6, 6.07) is 18.0. The van der Waals surface area contributed by atoms with Crippen molar-refractivity contribution in [2.45, 2.75) is 32.2 Å². The number of benzene rings is 2. The SMILES string of the molecule is Cc1[nH]c2ccccc2c1[C@@H](C(=O)O)N1CCC(Cc2ccccc2)CC1. The van der Waals surface area contributed by atoms with Crippen LogP contribution in [0.3, 0.4) is 0 Å². The number of nitrogens with one attached hydrogen (secondary N) is 1. The van der Waals surface area contributed by atoms with Crippen molar-refractivity contribution in [1.82, 2.24) is 9.88 Å². The van der Waals surface area contributed by atoms with Gasteiger partial charge in [0.25, 0.3) is 0 Å². The molecule has 2 N–H and O–H groups in total. The predicted octanol–water partition coefficient (Wildman–Crippen LogP) is 4.56. The Bertz CT molecular complexity index is 924. The number of aromatic amines is 1. The quantitative estimate of drug-likeness (QED) is 0.700. The number of rotatable bonds is 5. The minimum absolute atomic E-state index is 0.584. The van der Waals surface area contributed by atoms with Gasteiger partial charge in [-0.05, 0) is 56.8 Å². The van der Waals surface area contributed by atoms with Crippen LogP contribution < -0.4 is 0 Å². The van der Waals surface area contributed by atoms with Crippen LogP contribution in [0.4, 0.5) is 0 Å². The summed E-state index contributed by atoms with van der Waals surface area (Å²) in [4.78, 5) is 17.7. The first-order valence-electron chi connectivity index (χ1n) is 9.71. The first-order valence-corrected chi connectivity index (χ1v) is 9.71. The second kappa shape index (κ2) is 7.57. The van der Waals surface area contributed by atoms with Crippen LogP contribution in [0, 0.1) is 12.8 Å². The Labute approximate surface area is 159 Å². The van der Waals surface area contributed by atoms with Gasteiger partial charge in [0.2, 0.25) is 0 Å². The molecule has 1 saturated heterocycles. The molecule has 4 nitrogen and oxygen atoms in total. The lowest BCUT2D eigenvalue weighted by Gasteiger charge is -2.36. The third kappa shape index (κ3) is 3.62. The topological polar surface area (TPSA) is 56.3 Å². The number of likely N-dealkylation sites (tertiary alicyclic amines) is 1. The molecule has 0 aliphatic carbocycles. The van der Waals surface area contributed by atoms with Gasteiger partial charge in [-0.25, -0.2) is 0 Å². The fourth-order valence-corrected chi connectivity index (χ4v) is 4.48. The molecule has 0 bridgehead atoms. The Morgan fingerprint density at radius 2 is 1.78 bits per heavy atom. The fourth-order valence-electron chi connectivity index (χ4n) is 4.48. The summed E-state index contributed by atoms with van der Waals surface area (Å²) in [6.07, 6.45) is 3.17. The Kier molecular flexibility index (Phi) is 4.99. The van der Waals surface area contributed by atoms with Crippen molar-refractivity contribution in [3.8, 4) is 0 Å². The summed E-state index contributed by atoms with van der Waals surface area (Å²) in [5, 5.41) is 11.0. The summed E-state index contributed by atoms with van der Waals surface area (Å²) in [7, 11) is 0. The van der Waals surface area contributed by atoms with Gasteiger partial charge in [0.15, 0.2) is 0 Å². The molecule has 3 aromatic rings. The summed E-state index contributed by atoms with van der Waals surface area (Å²) in [5.41, 5.74) is 4.25. The van der Waals surface area contributed by atoms with Crippen molar-refractivity contribution in [3.63, 3.8) is 0 Å². The third-order valence-electron chi connectivity index (χ3n) is 5.83. The lowest BCUT2D eigenvalue weighted by Crippen LogP contribution is -2.40. The number of carboxylic acid groups (broad SMARTS) is 1. The maximum Gasteiger partial charge on any atom is 0.325 e. The number of aliphatic carboxylic acids is 1. The van der Waals surface area contributed by atoms with E-state index in [1.54, 1.807) is 0 Å². The zero-order chi connectivity index (χ0) is 18.8. The molecule has 1 aromatic heterocycles. The van der Waals surface area contributed by atoms with Crippen molar-refractivity contribution in [3.05, 3.63) is 71.4 Å². The van der Waals surface area contributed by atoms with Crippen LogP contribution in [-0.2, 0) is 11.2 Å². The molecule has 0 radical (unpaired) electrons. The van der Waals surface area contributed by atoms with Crippen molar-refractivity contribution < 1.29 is 9.90 Å². The molecule has 1 aliphatic rings. The summed E-state index contributed by atoms with van der Waals surface area (Å²) in [5.74, 6) is -0.133. The minimum Gasteiger partial charge on any atom is -0.480 e. The number of hydrogen-bond acceptors (Lipinski definition) is 2. The number of para-hydroxylation sites is 1. The average molecular weight is 362 g/mol. The molecule has 2 aromatic carbocycles. The first-order chi connectivity index (χ1) is 13.1. The van der Waals surface area contributed by atoms with E-state index in [1.165, 1.54) is 5.56 Å². The Balaban J connectivity index is 1.52. The molecule has 2 heterocycles. The highest BCUT2D eigenvalue weighted by Crippen LogP contribution is 2.34. The number of fused-ring (bicyclic) bond motifs is 1. The average Bonchev–Trinajstić information content (AvgIpc) is 3.00. The molecule has 0 unspecified atom stereocenters. The molecule has 4 heteroatoms. The fraction of sp³-hybridized carbons (Fsp3) is 0.348. The largest absolute Gasteiger partial charge is 0.480 e. The van der Waals surface area contributed by atoms with E-state index in [-0.39, 0.29) is 0 Å². The Morgan fingerprint density at radius 3 is 2.48 bits per heavy atom. The number of piperidine rings is 1. The van der Waals surface area contributed by atoms with Gasteiger partial charge >= 0.3 is 5.97 Å². The molecular weight excluding hydrogens is 336 g/mol. The predicted molar refractivity (Wildman–Crippen MR) is 108 cm³/mol. The van der Waals surface area contributed by atoms with Crippen LogP contribution in [0.15, 0.2) is 54.6 Å². The highest BCUT2D eigenvalue weighted by Gasteiger charge is 2.33. The molecule has 1 atom stereocenters. The molecule has 140 valence electrons. The molecule has 4 rings (SSSR count). The number of carbonyl (C=O) groups is 1. The maximum absolute atomic E-state index is 12.2. The Morgan fingerprint density at radius 1 is 1.11 bits per heavy atom. The number of nitrogens with zero attached hydrogens (tertiary/aromatic N) is 1. The third-order valence-corrected chi connectivity index (χ3v) is 5.83. The summed E-state index contributed by atoms with van der Waals surface area (Å²) in [6.45, 7) is 3.63. The maximum atomic E-state index is 12.2. The second-order valence-corrected chi connectivity index (χ2v) is 7.62. The summed E-state index contributed by atoms with van der Waals surface area (Å²) < 4.78 is 0. The van der Waals surface area contributed by atoms with E-state index in [4.69, 9.17) is 0 Å². The van der Waals surface area contributed by atoms with Crippen LogP contribution in [0.5, 0.6) is 0 Å². The van der Waals surface area contributed by atoms with Gasteiger partial charge < -0.3 is 10.1 Å². The van der Waals surface area contributed by atoms with Crippen molar-refractivity contribution in [2.75, 3.05) is 13.1 Å². The van der Waals surface area contributed by atoms with Gasteiger partial charge in [0, 0.05) is 22.2 Å². The van der Waals surface area contributed by atoms with E-state index in [9.17, 15) is 9.90 Å². The van der Waals surface area contributed by atoms with Crippen molar-refractivity contribution in [1.29, 1.82) is 0 Å². The van der Waals surface area contributed by atoms with Gasteiger partial charge in [-0.3, -0.25) is 9.69 Å². The second-order valence-electron chi connectivity index (χ2n) is 7.62.